The summed E-state index contributed by atoms with van der Waals surface area (Å²) in [6, 6.07) is 16.1. The number of nitrogens with one attached hydrogen (secondary N) is 2. The molecular formula is C20H18N2O. The van der Waals surface area contributed by atoms with E-state index in [1.807, 2.05) is 42.6 Å². The maximum absolute atomic E-state index is 12.6. The number of aromatic amines is 1. The summed E-state index contributed by atoms with van der Waals surface area (Å²) < 4.78 is 0. The number of fused-ring (bicyclic) bond motifs is 2. The van der Waals surface area contributed by atoms with Gasteiger partial charge in [0.25, 0.3) is 5.91 Å². The number of H-pyrrole nitrogens is 1. The number of hydrogen-bond donors (Lipinski definition) is 2. The van der Waals surface area contributed by atoms with E-state index in [0.717, 1.165) is 46.3 Å². The van der Waals surface area contributed by atoms with E-state index in [1.165, 1.54) is 5.39 Å². The topological polar surface area (TPSA) is 44.9 Å². The first-order valence-corrected chi connectivity index (χ1v) is 8.00. The average Bonchev–Trinajstić information content (AvgIpc) is 3.13. The van der Waals surface area contributed by atoms with Crippen LogP contribution in [0.15, 0.2) is 54.7 Å². The smallest absolute Gasteiger partial charge is 0.256 e. The summed E-state index contributed by atoms with van der Waals surface area (Å²) in [6.45, 7) is 2.15. The Morgan fingerprint density at radius 2 is 1.83 bits per heavy atom. The average molecular weight is 302 g/mol. The lowest BCUT2D eigenvalue weighted by Crippen LogP contribution is -2.06. The van der Waals surface area contributed by atoms with Crippen LogP contribution in [0, 0.1) is 0 Å². The van der Waals surface area contributed by atoms with Crippen LogP contribution >= 0.6 is 0 Å². The summed E-state index contributed by atoms with van der Waals surface area (Å²) in [5, 5.41) is 4.16. The van der Waals surface area contributed by atoms with Gasteiger partial charge in [-0.2, -0.15) is 0 Å². The molecule has 0 atom stereocenters. The van der Waals surface area contributed by atoms with Crippen molar-refractivity contribution >= 4 is 33.6 Å². The Labute approximate surface area is 135 Å². The van der Waals surface area contributed by atoms with Crippen molar-refractivity contribution in [3.63, 3.8) is 0 Å². The number of aromatic nitrogens is 1. The molecule has 2 N–H and O–H groups in total. The molecule has 0 bridgehead atoms. The van der Waals surface area contributed by atoms with Gasteiger partial charge < -0.3 is 10.3 Å². The number of para-hydroxylation sites is 2. The number of hydrogen-bond acceptors (Lipinski definition) is 1. The molecule has 23 heavy (non-hydrogen) atoms. The van der Waals surface area contributed by atoms with Gasteiger partial charge in [-0.1, -0.05) is 49.7 Å². The monoisotopic (exact) mass is 302 g/mol. The van der Waals surface area contributed by atoms with Gasteiger partial charge in [-0.3, -0.25) is 4.79 Å². The van der Waals surface area contributed by atoms with Gasteiger partial charge in [0, 0.05) is 33.9 Å². The molecule has 0 aliphatic carbocycles. The van der Waals surface area contributed by atoms with Crippen LogP contribution in [0.5, 0.6) is 0 Å². The molecule has 0 unspecified atom stereocenters. The van der Waals surface area contributed by atoms with Crippen molar-refractivity contribution < 1.29 is 4.79 Å². The molecule has 4 rings (SSSR count). The first kappa shape index (κ1) is 13.8. The molecule has 0 radical (unpaired) electrons. The Bertz CT molecular complexity index is 933. The van der Waals surface area contributed by atoms with Gasteiger partial charge in [0.05, 0.1) is 5.57 Å². The molecule has 0 spiro atoms. The van der Waals surface area contributed by atoms with E-state index in [9.17, 15) is 4.79 Å². The lowest BCUT2D eigenvalue weighted by molar-refractivity contribution is -0.110. The number of anilines is 1. The van der Waals surface area contributed by atoms with Gasteiger partial charge in [-0.25, -0.2) is 0 Å². The van der Waals surface area contributed by atoms with E-state index in [2.05, 4.69) is 29.4 Å². The van der Waals surface area contributed by atoms with Gasteiger partial charge >= 0.3 is 0 Å². The number of rotatable bonds is 3. The maximum atomic E-state index is 12.6. The zero-order chi connectivity index (χ0) is 15.8. The minimum atomic E-state index is -0.0000638. The molecule has 0 saturated carbocycles. The van der Waals surface area contributed by atoms with Crippen LogP contribution in [-0.4, -0.2) is 10.9 Å². The molecule has 0 saturated heterocycles. The first-order valence-electron chi connectivity index (χ1n) is 8.00. The molecule has 1 aliphatic heterocycles. The summed E-state index contributed by atoms with van der Waals surface area (Å²) in [4.78, 5) is 15.9. The van der Waals surface area contributed by atoms with Crippen molar-refractivity contribution in [1.82, 2.24) is 4.98 Å². The van der Waals surface area contributed by atoms with E-state index in [4.69, 9.17) is 0 Å². The van der Waals surface area contributed by atoms with E-state index >= 15 is 0 Å². The second-order valence-electron chi connectivity index (χ2n) is 5.85. The van der Waals surface area contributed by atoms with Crippen molar-refractivity contribution in [2.24, 2.45) is 0 Å². The van der Waals surface area contributed by atoms with Gasteiger partial charge in [-0.15, -0.1) is 0 Å². The summed E-state index contributed by atoms with van der Waals surface area (Å²) in [6.07, 6.45) is 3.89. The number of amides is 1. The van der Waals surface area contributed by atoms with Crippen LogP contribution < -0.4 is 5.32 Å². The molecule has 0 fully saturated rings. The Morgan fingerprint density at radius 1 is 1.04 bits per heavy atom. The Hall–Kier alpha value is -2.81. The van der Waals surface area contributed by atoms with E-state index in [1.54, 1.807) is 0 Å². The molecule has 114 valence electrons. The quantitative estimate of drug-likeness (QED) is 0.669. The van der Waals surface area contributed by atoms with E-state index < -0.39 is 0 Å². The third-order valence-electron chi connectivity index (χ3n) is 4.39. The molecule has 2 aromatic carbocycles. The van der Waals surface area contributed by atoms with E-state index in [-0.39, 0.29) is 5.91 Å². The Kier molecular flexibility index (Phi) is 3.27. The van der Waals surface area contributed by atoms with Gasteiger partial charge in [0.15, 0.2) is 0 Å². The second kappa shape index (κ2) is 5.43. The highest BCUT2D eigenvalue weighted by Crippen LogP contribution is 2.40. The third kappa shape index (κ3) is 2.16. The van der Waals surface area contributed by atoms with Crippen LogP contribution in [-0.2, 0) is 4.79 Å². The van der Waals surface area contributed by atoms with Gasteiger partial charge in [-0.05, 0) is 24.1 Å². The maximum Gasteiger partial charge on any atom is 0.256 e. The molecule has 3 aromatic rings. The molecule has 2 heterocycles. The van der Waals surface area contributed by atoms with E-state index in [0.29, 0.717) is 0 Å². The van der Waals surface area contributed by atoms with Gasteiger partial charge in [0.1, 0.15) is 0 Å². The largest absolute Gasteiger partial charge is 0.361 e. The highest BCUT2D eigenvalue weighted by Gasteiger charge is 2.27. The minimum absolute atomic E-state index is 0.0000638. The predicted octanol–water partition coefficient (Wildman–Crippen LogP) is 4.83. The highest BCUT2D eigenvalue weighted by atomic mass is 16.2. The first-order chi connectivity index (χ1) is 11.3. The Morgan fingerprint density at radius 3 is 2.70 bits per heavy atom. The molecule has 1 aromatic heterocycles. The SMILES string of the molecule is CCCC(=C1C(=O)Nc2ccccc21)c1c[nH]c2ccccc12. The van der Waals surface area contributed by atoms with Crippen molar-refractivity contribution in [3.05, 3.63) is 65.9 Å². The Balaban J connectivity index is 2.00. The molecule has 3 nitrogen and oxygen atoms in total. The number of benzene rings is 2. The lowest BCUT2D eigenvalue weighted by Gasteiger charge is -2.10. The fourth-order valence-electron chi connectivity index (χ4n) is 3.38. The van der Waals surface area contributed by atoms with Crippen molar-refractivity contribution in [2.45, 2.75) is 19.8 Å². The van der Waals surface area contributed by atoms with Crippen molar-refractivity contribution in [1.29, 1.82) is 0 Å². The number of allylic oxidation sites excluding steroid dienone is 1. The van der Waals surface area contributed by atoms with Crippen LogP contribution in [0.25, 0.3) is 22.0 Å². The number of carbonyl (C=O) groups excluding carboxylic acids is 1. The molecule has 3 heteroatoms. The molecular weight excluding hydrogens is 284 g/mol. The third-order valence-corrected chi connectivity index (χ3v) is 4.39. The van der Waals surface area contributed by atoms with Crippen LogP contribution in [0.2, 0.25) is 0 Å². The van der Waals surface area contributed by atoms with Gasteiger partial charge in [0.2, 0.25) is 0 Å². The fourth-order valence-corrected chi connectivity index (χ4v) is 3.38. The standard InChI is InChI=1S/C20H18N2O/c1-2-7-14(16-12-21-17-10-5-3-8-13(16)17)19-15-9-4-6-11-18(15)22-20(19)23/h3-6,8-12,21H,2,7H2,1H3,(H,22,23). The van der Waals surface area contributed by atoms with Crippen LogP contribution in [0.3, 0.4) is 0 Å². The second-order valence-corrected chi connectivity index (χ2v) is 5.85. The van der Waals surface area contributed by atoms with Crippen molar-refractivity contribution in [3.8, 4) is 0 Å². The molecule has 1 aliphatic rings. The highest BCUT2D eigenvalue weighted by molar-refractivity contribution is 6.37. The minimum Gasteiger partial charge on any atom is -0.361 e. The lowest BCUT2D eigenvalue weighted by atomic mass is 9.92. The van der Waals surface area contributed by atoms with Crippen LogP contribution in [0.4, 0.5) is 5.69 Å². The normalized spacial score (nSPS) is 15.6. The fraction of sp³-hybridized carbons (Fsp3) is 0.150. The van der Waals surface area contributed by atoms with Crippen LogP contribution in [0.1, 0.15) is 30.9 Å². The van der Waals surface area contributed by atoms with Crippen molar-refractivity contribution in [2.75, 3.05) is 5.32 Å². The zero-order valence-corrected chi connectivity index (χ0v) is 13.0. The summed E-state index contributed by atoms with van der Waals surface area (Å²) in [7, 11) is 0. The predicted molar refractivity (Wildman–Crippen MR) is 95.1 cm³/mol. The zero-order valence-electron chi connectivity index (χ0n) is 13.0. The molecule has 1 amide bonds. The summed E-state index contributed by atoms with van der Waals surface area (Å²) >= 11 is 0. The summed E-state index contributed by atoms with van der Waals surface area (Å²) in [5.74, 6) is -0.0000638. The number of carbonyl (C=O) groups is 1. The summed E-state index contributed by atoms with van der Waals surface area (Å²) in [5.41, 5.74) is 6.07.